The molecule has 136 valence electrons. The van der Waals surface area contributed by atoms with Crippen LogP contribution in [0.15, 0.2) is 42.5 Å². The fourth-order valence-electron chi connectivity index (χ4n) is 3.72. The molecule has 27 heavy (non-hydrogen) atoms. The van der Waals surface area contributed by atoms with Gasteiger partial charge in [0.1, 0.15) is 0 Å². The van der Waals surface area contributed by atoms with Crippen molar-refractivity contribution in [1.82, 2.24) is 19.6 Å². The number of aromatic nitrogens is 4. The number of benzene rings is 2. The molecule has 0 aliphatic carbocycles. The summed E-state index contributed by atoms with van der Waals surface area (Å²) in [6.45, 7) is 1.96. The number of hydrogen-bond donors (Lipinski definition) is 0. The van der Waals surface area contributed by atoms with Crippen LogP contribution in [0.25, 0.3) is 27.9 Å². The van der Waals surface area contributed by atoms with Crippen LogP contribution < -0.4 is 4.90 Å². The first-order valence-electron chi connectivity index (χ1n) is 9.06. The van der Waals surface area contributed by atoms with Crippen molar-refractivity contribution >= 4 is 45.7 Å². The van der Waals surface area contributed by atoms with Gasteiger partial charge in [-0.25, -0.2) is 9.38 Å². The molecule has 0 amide bonds. The van der Waals surface area contributed by atoms with Crippen molar-refractivity contribution in [1.29, 1.82) is 0 Å². The Kier molecular flexibility index (Phi) is 4.14. The predicted molar refractivity (Wildman–Crippen MR) is 110 cm³/mol. The van der Waals surface area contributed by atoms with Crippen LogP contribution in [0.5, 0.6) is 0 Å². The van der Waals surface area contributed by atoms with Crippen molar-refractivity contribution in [3.05, 3.63) is 52.5 Å². The minimum atomic E-state index is 0.551. The molecule has 0 radical (unpaired) electrons. The van der Waals surface area contributed by atoms with Crippen LogP contribution in [0.3, 0.4) is 0 Å². The van der Waals surface area contributed by atoms with Crippen LogP contribution in [-0.4, -0.2) is 32.7 Å². The third kappa shape index (κ3) is 2.82. The average molecular weight is 398 g/mol. The summed E-state index contributed by atoms with van der Waals surface area (Å²) >= 11 is 12.6. The Morgan fingerprint density at radius 2 is 1.70 bits per heavy atom. The first-order chi connectivity index (χ1) is 13.2. The molecule has 5 nitrogen and oxygen atoms in total. The summed E-state index contributed by atoms with van der Waals surface area (Å²) in [6.07, 6.45) is 3.58. The minimum absolute atomic E-state index is 0.551. The maximum Gasteiger partial charge on any atom is 0.213 e. The van der Waals surface area contributed by atoms with Crippen molar-refractivity contribution in [2.75, 3.05) is 18.0 Å². The molecule has 2 aromatic heterocycles. The Morgan fingerprint density at radius 1 is 0.889 bits per heavy atom. The van der Waals surface area contributed by atoms with Gasteiger partial charge in [0.05, 0.1) is 10.5 Å². The highest BCUT2D eigenvalue weighted by atomic mass is 35.5. The molecule has 1 saturated heterocycles. The van der Waals surface area contributed by atoms with Gasteiger partial charge in [0.15, 0.2) is 11.5 Å². The third-order valence-corrected chi connectivity index (χ3v) is 5.59. The lowest BCUT2D eigenvalue weighted by molar-refractivity contribution is 0.567. The highest BCUT2D eigenvalue weighted by Crippen LogP contribution is 2.33. The van der Waals surface area contributed by atoms with Gasteiger partial charge in [-0.2, -0.15) is 0 Å². The van der Waals surface area contributed by atoms with Crippen LogP contribution in [-0.2, 0) is 0 Å². The highest BCUT2D eigenvalue weighted by Gasteiger charge is 2.22. The van der Waals surface area contributed by atoms with Crippen LogP contribution in [0.1, 0.15) is 19.3 Å². The molecule has 0 spiro atoms. The molecule has 0 N–H and O–H groups in total. The Labute approximate surface area is 166 Å². The fraction of sp³-hybridized carbons (Fsp3) is 0.250. The Morgan fingerprint density at radius 3 is 2.52 bits per heavy atom. The number of anilines is 1. The predicted octanol–water partition coefficient (Wildman–Crippen LogP) is 5.24. The summed E-state index contributed by atoms with van der Waals surface area (Å²) in [4.78, 5) is 7.29. The van der Waals surface area contributed by atoms with Crippen molar-refractivity contribution in [2.24, 2.45) is 0 Å². The van der Waals surface area contributed by atoms with Crippen LogP contribution in [0.4, 0.5) is 5.95 Å². The minimum Gasteiger partial charge on any atom is -0.342 e. The fourth-order valence-corrected chi connectivity index (χ4v) is 4.21. The molecule has 4 aromatic rings. The topological polar surface area (TPSA) is 46.3 Å². The van der Waals surface area contributed by atoms with Gasteiger partial charge in [-0.15, -0.1) is 10.2 Å². The molecule has 0 unspecified atom stereocenters. The van der Waals surface area contributed by atoms with E-state index in [1.54, 1.807) is 6.07 Å². The van der Waals surface area contributed by atoms with Gasteiger partial charge < -0.3 is 4.90 Å². The van der Waals surface area contributed by atoms with E-state index in [0.717, 1.165) is 54.0 Å². The van der Waals surface area contributed by atoms with Gasteiger partial charge >= 0.3 is 0 Å². The SMILES string of the molecule is Clc1ccc(-c2nnc3c4ccccc4nc(N4CCCCC4)n23)c(Cl)c1. The molecule has 5 rings (SSSR count). The second-order valence-corrected chi connectivity index (χ2v) is 7.63. The number of rotatable bonds is 2. The maximum atomic E-state index is 6.48. The van der Waals surface area contributed by atoms with E-state index in [4.69, 9.17) is 28.2 Å². The van der Waals surface area contributed by atoms with Crippen molar-refractivity contribution in [3.63, 3.8) is 0 Å². The number of fused-ring (bicyclic) bond motifs is 3. The van der Waals surface area contributed by atoms with Crippen molar-refractivity contribution in [2.45, 2.75) is 19.3 Å². The molecule has 0 atom stereocenters. The first kappa shape index (κ1) is 16.8. The third-order valence-electron chi connectivity index (χ3n) is 5.04. The monoisotopic (exact) mass is 397 g/mol. The normalized spacial score (nSPS) is 15.0. The number of piperidine rings is 1. The van der Waals surface area contributed by atoms with Crippen LogP contribution in [0, 0.1) is 0 Å². The molecule has 3 heterocycles. The Hall–Kier alpha value is -2.37. The summed E-state index contributed by atoms with van der Waals surface area (Å²) in [5.41, 5.74) is 2.51. The largest absolute Gasteiger partial charge is 0.342 e. The molecule has 0 saturated carbocycles. The molecular formula is C20H17Cl2N5. The summed E-state index contributed by atoms with van der Waals surface area (Å²) in [5.74, 6) is 1.56. The van der Waals surface area contributed by atoms with Crippen LogP contribution in [0.2, 0.25) is 10.0 Å². The van der Waals surface area contributed by atoms with Crippen molar-refractivity contribution < 1.29 is 0 Å². The smallest absolute Gasteiger partial charge is 0.213 e. The molecule has 1 fully saturated rings. The van der Waals surface area contributed by atoms with Gasteiger partial charge in [0, 0.05) is 29.1 Å². The number of hydrogen-bond acceptors (Lipinski definition) is 4. The first-order valence-corrected chi connectivity index (χ1v) is 9.82. The molecule has 7 heteroatoms. The zero-order valence-electron chi connectivity index (χ0n) is 14.6. The van der Waals surface area contributed by atoms with E-state index in [1.807, 2.05) is 40.8 Å². The lowest BCUT2D eigenvalue weighted by atomic mass is 10.1. The lowest BCUT2D eigenvalue weighted by Gasteiger charge is -2.28. The number of para-hydroxylation sites is 1. The second-order valence-electron chi connectivity index (χ2n) is 6.78. The summed E-state index contributed by atoms with van der Waals surface area (Å²) in [7, 11) is 0. The standard InChI is InChI=1S/C20H17Cl2N5/c21-13-8-9-14(16(22)12-13)18-24-25-19-15-6-2-3-7-17(15)23-20(27(18)19)26-10-4-1-5-11-26/h2-3,6-9,12H,1,4-5,10-11H2. The van der Waals surface area contributed by atoms with E-state index in [2.05, 4.69) is 15.1 Å². The van der Waals surface area contributed by atoms with E-state index in [1.165, 1.54) is 6.42 Å². The second kappa shape index (κ2) is 6.66. The highest BCUT2D eigenvalue weighted by molar-refractivity contribution is 6.36. The Bertz CT molecular complexity index is 1150. The quantitative estimate of drug-likeness (QED) is 0.463. The van der Waals surface area contributed by atoms with Crippen molar-refractivity contribution in [3.8, 4) is 11.4 Å². The summed E-state index contributed by atoms with van der Waals surface area (Å²) in [5, 5.41) is 11.1. The van der Waals surface area contributed by atoms with Gasteiger partial charge in [0.2, 0.25) is 5.95 Å². The van der Waals surface area contributed by atoms with E-state index >= 15 is 0 Å². The maximum absolute atomic E-state index is 6.48. The van der Waals surface area contributed by atoms with Crippen LogP contribution >= 0.6 is 23.2 Å². The molecule has 2 aromatic carbocycles. The zero-order valence-corrected chi connectivity index (χ0v) is 16.1. The lowest BCUT2D eigenvalue weighted by Crippen LogP contribution is -2.32. The van der Waals surface area contributed by atoms with Gasteiger partial charge in [0.25, 0.3) is 0 Å². The average Bonchev–Trinajstić information content (AvgIpc) is 3.13. The number of nitrogens with zero attached hydrogens (tertiary/aromatic N) is 5. The van der Waals surface area contributed by atoms with E-state index in [-0.39, 0.29) is 0 Å². The number of halogens is 2. The Balaban J connectivity index is 1.83. The zero-order chi connectivity index (χ0) is 18.4. The summed E-state index contributed by atoms with van der Waals surface area (Å²) in [6, 6.07) is 13.5. The molecule has 0 bridgehead atoms. The van der Waals surface area contributed by atoms with Gasteiger partial charge in [-0.1, -0.05) is 35.3 Å². The van der Waals surface area contributed by atoms with Gasteiger partial charge in [-0.3, -0.25) is 0 Å². The van der Waals surface area contributed by atoms with E-state index in [0.29, 0.717) is 15.9 Å². The molecule has 1 aliphatic rings. The molecular weight excluding hydrogens is 381 g/mol. The van der Waals surface area contributed by atoms with E-state index in [9.17, 15) is 0 Å². The van der Waals surface area contributed by atoms with Gasteiger partial charge in [-0.05, 0) is 49.6 Å². The summed E-state index contributed by atoms with van der Waals surface area (Å²) < 4.78 is 2.03. The molecule has 1 aliphatic heterocycles. The van der Waals surface area contributed by atoms with E-state index < -0.39 is 0 Å².